The van der Waals surface area contributed by atoms with E-state index in [1.165, 1.54) is 11.3 Å². The molecular formula is C14H13N3O3S. The van der Waals surface area contributed by atoms with Crippen molar-refractivity contribution >= 4 is 28.1 Å². The van der Waals surface area contributed by atoms with Crippen molar-refractivity contribution in [3.8, 4) is 5.75 Å². The number of ether oxygens (including phenoxy) is 1. The Balaban J connectivity index is 1.76. The van der Waals surface area contributed by atoms with Gasteiger partial charge in [0.15, 0.2) is 5.13 Å². The smallest absolute Gasteiger partial charge is 0.257 e. The topological polar surface area (TPSA) is 83.8 Å². The van der Waals surface area contributed by atoms with Gasteiger partial charge in [0.25, 0.3) is 5.91 Å². The van der Waals surface area contributed by atoms with E-state index in [-0.39, 0.29) is 5.91 Å². The highest BCUT2D eigenvalue weighted by atomic mass is 32.1. The van der Waals surface area contributed by atoms with Gasteiger partial charge in [-0.25, -0.2) is 4.98 Å². The van der Waals surface area contributed by atoms with E-state index >= 15 is 0 Å². The third-order valence-electron chi connectivity index (χ3n) is 3.20. The number of amides is 1. The summed E-state index contributed by atoms with van der Waals surface area (Å²) in [5.41, 5.74) is 2.57. The molecule has 108 valence electrons. The van der Waals surface area contributed by atoms with E-state index < -0.39 is 0 Å². The molecule has 7 heteroatoms. The van der Waals surface area contributed by atoms with E-state index in [1.54, 1.807) is 18.4 Å². The first-order chi connectivity index (χ1) is 10.2. The maximum atomic E-state index is 12.2. The summed E-state index contributed by atoms with van der Waals surface area (Å²) in [6.07, 6.45) is 0.823. The molecule has 2 aromatic rings. The van der Waals surface area contributed by atoms with E-state index in [4.69, 9.17) is 9.94 Å². The van der Waals surface area contributed by atoms with E-state index in [9.17, 15) is 4.79 Å². The van der Waals surface area contributed by atoms with Gasteiger partial charge in [0.2, 0.25) is 0 Å². The number of thiazole rings is 1. The first kappa shape index (κ1) is 13.6. The molecular weight excluding hydrogens is 290 g/mol. The lowest BCUT2D eigenvalue weighted by molar-refractivity contribution is 0.102. The predicted molar refractivity (Wildman–Crippen MR) is 79.7 cm³/mol. The van der Waals surface area contributed by atoms with Crippen LogP contribution in [-0.2, 0) is 6.42 Å². The van der Waals surface area contributed by atoms with Gasteiger partial charge in [0.05, 0.1) is 6.61 Å². The highest BCUT2D eigenvalue weighted by Crippen LogP contribution is 2.26. The molecule has 1 amide bonds. The van der Waals surface area contributed by atoms with Gasteiger partial charge in [0, 0.05) is 17.4 Å². The van der Waals surface area contributed by atoms with Crippen molar-refractivity contribution in [3.05, 3.63) is 40.4 Å². The molecule has 2 N–H and O–H groups in total. The number of oxime groups is 1. The Labute approximate surface area is 125 Å². The summed E-state index contributed by atoms with van der Waals surface area (Å²) in [5, 5.41) is 16.7. The molecule has 1 aliphatic rings. The zero-order valence-corrected chi connectivity index (χ0v) is 12.1. The van der Waals surface area contributed by atoms with Gasteiger partial charge in [0.1, 0.15) is 17.2 Å². The van der Waals surface area contributed by atoms with Gasteiger partial charge in [-0.3, -0.25) is 10.1 Å². The fourth-order valence-corrected chi connectivity index (χ4v) is 2.79. The lowest BCUT2D eigenvalue weighted by atomic mass is 10.1. The number of nitrogens with zero attached hydrogens (tertiary/aromatic N) is 2. The van der Waals surface area contributed by atoms with Gasteiger partial charge >= 0.3 is 0 Å². The largest absolute Gasteiger partial charge is 0.493 e. The molecule has 0 fully saturated rings. The minimum Gasteiger partial charge on any atom is -0.493 e. The second-order valence-electron chi connectivity index (χ2n) is 4.60. The fourth-order valence-electron chi connectivity index (χ4n) is 2.05. The summed E-state index contributed by atoms with van der Waals surface area (Å²) in [6.45, 7) is 2.30. The number of carbonyl (C=O) groups is 1. The molecule has 0 unspecified atom stereocenters. The van der Waals surface area contributed by atoms with E-state index in [0.717, 1.165) is 17.7 Å². The van der Waals surface area contributed by atoms with Crippen LogP contribution in [0.2, 0.25) is 0 Å². The van der Waals surface area contributed by atoms with Crippen LogP contribution in [0.25, 0.3) is 0 Å². The molecule has 0 spiro atoms. The van der Waals surface area contributed by atoms with Crippen LogP contribution in [0.3, 0.4) is 0 Å². The number of hydrogen-bond donors (Lipinski definition) is 2. The highest BCUT2D eigenvalue weighted by Gasteiger charge is 2.16. The number of nitrogens with one attached hydrogen (secondary N) is 1. The number of rotatable bonds is 3. The van der Waals surface area contributed by atoms with Crippen LogP contribution in [-0.4, -0.2) is 28.4 Å². The summed E-state index contributed by atoms with van der Waals surface area (Å²) in [6, 6.07) is 5.38. The van der Waals surface area contributed by atoms with Gasteiger partial charge in [-0.15, -0.1) is 11.3 Å². The second-order valence-corrected chi connectivity index (χ2v) is 5.46. The Morgan fingerprint density at radius 3 is 3.19 bits per heavy atom. The summed E-state index contributed by atoms with van der Waals surface area (Å²) >= 11 is 1.28. The van der Waals surface area contributed by atoms with E-state index in [0.29, 0.717) is 28.7 Å². The molecule has 0 atom stereocenters. The maximum absolute atomic E-state index is 12.2. The fraction of sp³-hybridized carbons (Fsp3) is 0.214. The minimum atomic E-state index is -0.218. The molecule has 0 radical (unpaired) electrons. The van der Waals surface area contributed by atoms with Crippen molar-refractivity contribution in [2.75, 3.05) is 11.9 Å². The summed E-state index contributed by atoms with van der Waals surface area (Å²) in [7, 11) is 0. The average molecular weight is 303 g/mol. The molecule has 1 aromatic carbocycles. The summed E-state index contributed by atoms with van der Waals surface area (Å²) in [4.78, 5) is 16.4. The lowest BCUT2D eigenvalue weighted by Gasteiger charge is -2.04. The van der Waals surface area contributed by atoms with Gasteiger partial charge < -0.3 is 9.94 Å². The van der Waals surface area contributed by atoms with Crippen LogP contribution in [0.5, 0.6) is 5.75 Å². The maximum Gasteiger partial charge on any atom is 0.257 e. The number of aromatic nitrogens is 1. The standard InChI is InChI=1S/C14H13N3O3S/c1-8(17-19)11-7-21-14(15-11)16-13(18)10-2-3-12-9(6-10)4-5-20-12/h2-3,6-7,19H,4-5H2,1H3,(H,15,16,18). The summed E-state index contributed by atoms with van der Waals surface area (Å²) in [5.74, 6) is 0.627. The molecule has 1 aliphatic heterocycles. The normalized spacial score (nSPS) is 13.7. The second kappa shape index (κ2) is 5.53. The number of hydrogen-bond acceptors (Lipinski definition) is 6. The highest BCUT2D eigenvalue weighted by molar-refractivity contribution is 7.14. The Morgan fingerprint density at radius 2 is 2.38 bits per heavy atom. The van der Waals surface area contributed by atoms with E-state index in [1.807, 2.05) is 12.1 Å². The molecule has 21 heavy (non-hydrogen) atoms. The molecule has 2 heterocycles. The Morgan fingerprint density at radius 1 is 1.52 bits per heavy atom. The third-order valence-corrected chi connectivity index (χ3v) is 3.95. The number of carbonyl (C=O) groups excluding carboxylic acids is 1. The zero-order chi connectivity index (χ0) is 14.8. The van der Waals surface area contributed by atoms with Crippen molar-refractivity contribution in [3.63, 3.8) is 0 Å². The molecule has 0 aliphatic carbocycles. The van der Waals surface area contributed by atoms with Crippen LogP contribution in [0.15, 0.2) is 28.7 Å². The van der Waals surface area contributed by atoms with Crippen molar-refractivity contribution in [1.29, 1.82) is 0 Å². The van der Waals surface area contributed by atoms with Crippen LogP contribution in [0.4, 0.5) is 5.13 Å². The van der Waals surface area contributed by atoms with Crippen molar-refractivity contribution < 1.29 is 14.7 Å². The van der Waals surface area contributed by atoms with Crippen LogP contribution in [0.1, 0.15) is 28.5 Å². The molecule has 6 nitrogen and oxygen atoms in total. The third kappa shape index (κ3) is 2.73. The molecule has 1 aromatic heterocycles. The minimum absolute atomic E-state index is 0.218. The summed E-state index contributed by atoms with van der Waals surface area (Å²) < 4.78 is 5.41. The van der Waals surface area contributed by atoms with Crippen LogP contribution in [0, 0.1) is 0 Å². The van der Waals surface area contributed by atoms with Gasteiger partial charge in [-0.1, -0.05) is 5.16 Å². The van der Waals surface area contributed by atoms with Crippen LogP contribution >= 0.6 is 11.3 Å². The zero-order valence-electron chi connectivity index (χ0n) is 11.3. The van der Waals surface area contributed by atoms with Crippen molar-refractivity contribution in [2.45, 2.75) is 13.3 Å². The number of anilines is 1. The lowest BCUT2D eigenvalue weighted by Crippen LogP contribution is -2.12. The van der Waals surface area contributed by atoms with Gasteiger partial charge in [-0.05, 0) is 30.7 Å². The number of benzene rings is 1. The quantitative estimate of drug-likeness (QED) is 0.518. The molecule has 0 saturated carbocycles. The monoisotopic (exact) mass is 303 g/mol. The Kier molecular flexibility index (Phi) is 3.57. The molecule has 0 bridgehead atoms. The first-order valence-corrected chi connectivity index (χ1v) is 7.27. The van der Waals surface area contributed by atoms with Gasteiger partial charge in [-0.2, -0.15) is 0 Å². The Bertz CT molecular complexity index is 724. The van der Waals surface area contributed by atoms with E-state index in [2.05, 4.69) is 15.5 Å². The Hall–Kier alpha value is -2.41. The average Bonchev–Trinajstić information content (AvgIpc) is 3.14. The SMILES string of the molecule is CC(=NO)c1csc(NC(=O)c2ccc3c(c2)CCO3)n1. The molecule has 3 rings (SSSR count). The first-order valence-electron chi connectivity index (χ1n) is 6.39. The van der Waals surface area contributed by atoms with Crippen LogP contribution < -0.4 is 10.1 Å². The predicted octanol–water partition coefficient (Wildman–Crippen LogP) is 2.53. The number of fused-ring (bicyclic) bond motifs is 1. The van der Waals surface area contributed by atoms with Crippen molar-refractivity contribution in [2.24, 2.45) is 5.16 Å². The van der Waals surface area contributed by atoms with Crippen molar-refractivity contribution in [1.82, 2.24) is 4.98 Å². The molecule has 0 saturated heterocycles.